The number of nitrogens with zero attached hydrogens (tertiary/aromatic N) is 5. The Hall–Kier alpha value is -3.28. The predicted molar refractivity (Wildman–Crippen MR) is 105 cm³/mol. The number of carbonyl (C=O) groups is 1. The van der Waals surface area contributed by atoms with Crippen LogP contribution in [0.5, 0.6) is 0 Å². The SMILES string of the molecule is C=CCN(Cc1ccc(C)cc1)C(=O)c1cccc(-c2nnnn2CC)c1. The average molecular weight is 361 g/mol. The second-order valence-electron chi connectivity index (χ2n) is 6.36. The Morgan fingerprint density at radius 1 is 1.22 bits per heavy atom. The van der Waals surface area contributed by atoms with Gasteiger partial charge in [0.25, 0.3) is 5.91 Å². The number of hydrogen-bond acceptors (Lipinski definition) is 4. The fraction of sp³-hybridized carbons (Fsp3) is 0.238. The van der Waals surface area contributed by atoms with Gasteiger partial charge in [0.05, 0.1) is 0 Å². The lowest BCUT2D eigenvalue weighted by Crippen LogP contribution is -2.30. The molecule has 0 aliphatic rings. The number of carbonyl (C=O) groups excluding carboxylic acids is 1. The van der Waals surface area contributed by atoms with E-state index in [-0.39, 0.29) is 5.91 Å². The number of hydrogen-bond donors (Lipinski definition) is 0. The third kappa shape index (κ3) is 4.28. The first-order valence-corrected chi connectivity index (χ1v) is 8.94. The number of benzene rings is 2. The molecule has 138 valence electrons. The maximum absolute atomic E-state index is 13.1. The third-order valence-electron chi connectivity index (χ3n) is 4.33. The van der Waals surface area contributed by atoms with Crippen molar-refractivity contribution in [3.8, 4) is 11.4 Å². The molecule has 0 fully saturated rings. The van der Waals surface area contributed by atoms with Crippen LogP contribution in [0.3, 0.4) is 0 Å². The van der Waals surface area contributed by atoms with Crippen LogP contribution in [-0.2, 0) is 13.1 Å². The molecule has 2 aromatic carbocycles. The summed E-state index contributed by atoms with van der Waals surface area (Å²) in [6.07, 6.45) is 1.74. The summed E-state index contributed by atoms with van der Waals surface area (Å²) in [5, 5.41) is 11.8. The van der Waals surface area contributed by atoms with Crippen LogP contribution in [0.4, 0.5) is 0 Å². The molecule has 6 heteroatoms. The average Bonchev–Trinajstić information content (AvgIpc) is 3.18. The third-order valence-corrected chi connectivity index (χ3v) is 4.33. The molecule has 0 aliphatic carbocycles. The standard InChI is InChI=1S/C21H23N5O/c1-4-13-25(15-17-11-9-16(3)10-12-17)21(27)19-8-6-7-18(14-19)20-22-23-24-26(20)5-2/h4,6-12,14H,1,5,13,15H2,2-3H3. The number of amides is 1. The molecule has 3 rings (SSSR count). The molecule has 6 nitrogen and oxygen atoms in total. The van der Waals surface area contributed by atoms with Gasteiger partial charge in [-0.1, -0.05) is 48.0 Å². The van der Waals surface area contributed by atoms with E-state index >= 15 is 0 Å². The quantitative estimate of drug-likeness (QED) is 0.604. The van der Waals surface area contributed by atoms with Gasteiger partial charge < -0.3 is 4.90 Å². The van der Waals surface area contributed by atoms with Gasteiger partial charge in [0.2, 0.25) is 0 Å². The van der Waals surface area contributed by atoms with E-state index in [2.05, 4.69) is 34.2 Å². The fourth-order valence-corrected chi connectivity index (χ4v) is 2.89. The Morgan fingerprint density at radius 2 is 2.00 bits per heavy atom. The molecule has 0 radical (unpaired) electrons. The molecule has 0 N–H and O–H groups in total. The zero-order valence-electron chi connectivity index (χ0n) is 15.7. The Morgan fingerprint density at radius 3 is 2.70 bits per heavy atom. The highest BCUT2D eigenvalue weighted by atomic mass is 16.2. The molecular weight excluding hydrogens is 338 g/mol. The summed E-state index contributed by atoms with van der Waals surface area (Å²) in [7, 11) is 0. The van der Waals surface area contributed by atoms with Crippen molar-refractivity contribution >= 4 is 5.91 Å². The van der Waals surface area contributed by atoms with Crippen LogP contribution >= 0.6 is 0 Å². The second-order valence-corrected chi connectivity index (χ2v) is 6.36. The highest BCUT2D eigenvalue weighted by molar-refractivity contribution is 5.95. The van der Waals surface area contributed by atoms with Gasteiger partial charge in [-0.05, 0) is 42.0 Å². The first-order valence-electron chi connectivity index (χ1n) is 8.94. The lowest BCUT2D eigenvalue weighted by molar-refractivity contribution is 0.0762. The van der Waals surface area contributed by atoms with E-state index in [0.717, 1.165) is 11.1 Å². The molecule has 0 saturated carbocycles. The Balaban J connectivity index is 1.86. The normalized spacial score (nSPS) is 10.6. The minimum absolute atomic E-state index is 0.0483. The van der Waals surface area contributed by atoms with Crippen molar-refractivity contribution in [1.29, 1.82) is 0 Å². The van der Waals surface area contributed by atoms with Gasteiger partial charge in [-0.25, -0.2) is 4.68 Å². The van der Waals surface area contributed by atoms with Gasteiger partial charge in [-0.15, -0.1) is 11.7 Å². The predicted octanol–water partition coefficient (Wildman–Crippen LogP) is 3.50. The van der Waals surface area contributed by atoms with E-state index in [1.165, 1.54) is 5.56 Å². The number of aryl methyl sites for hydroxylation is 2. The zero-order valence-corrected chi connectivity index (χ0v) is 15.7. The summed E-state index contributed by atoms with van der Waals surface area (Å²) in [5.41, 5.74) is 3.71. The Bertz CT molecular complexity index is 930. The van der Waals surface area contributed by atoms with E-state index in [1.807, 2.05) is 50.2 Å². The molecular formula is C21H23N5O. The molecule has 0 unspecified atom stereocenters. The van der Waals surface area contributed by atoms with Crippen molar-refractivity contribution in [2.45, 2.75) is 26.9 Å². The van der Waals surface area contributed by atoms with Gasteiger partial charge >= 0.3 is 0 Å². The first-order chi connectivity index (χ1) is 13.1. The fourth-order valence-electron chi connectivity index (χ4n) is 2.89. The van der Waals surface area contributed by atoms with Crippen molar-refractivity contribution in [1.82, 2.24) is 25.1 Å². The minimum Gasteiger partial charge on any atom is -0.331 e. The number of tetrazole rings is 1. The van der Waals surface area contributed by atoms with Crippen molar-refractivity contribution in [3.05, 3.63) is 77.9 Å². The van der Waals surface area contributed by atoms with Crippen LogP contribution in [0, 0.1) is 6.92 Å². The van der Waals surface area contributed by atoms with Gasteiger partial charge in [-0.2, -0.15) is 0 Å². The lowest BCUT2D eigenvalue weighted by Gasteiger charge is -2.22. The molecule has 0 saturated heterocycles. The van der Waals surface area contributed by atoms with Crippen molar-refractivity contribution < 1.29 is 4.79 Å². The van der Waals surface area contributed by atoms with E-state index in [0.29, 0.717) is 31.0 Å². The topological polar surface area (TPSA) is 63.9 Å². The molecule has 0 atom stereocenters. The van der Waals surface area contributed by atoms with Gasteiger partial charge in [-0.3, -0.25) is 4.79 Å². The lowest BCUT2D eigenvalue weighted by atomic mass is 10.1. The van der Waals surface area contributed by atoms with Crippen LogP contribution in [0.1, 0.15) is 28.4 Å². The van der Waals surface area contributed by atoms with Gasteiger partial charge in [0.15, 0.2) is 5.82 Å². The maximum atomic E-state index is 13.1. The summed E-state index contributed by atoms with van der Waals surface area (Å²) >= 11 is 0. The minimum atomic E-state index is -0.0483. The smallest absolute Gasteiger partial charge is 0.254 e. The monoisotopic (exact) mass is 361 g/mol. The van der Waals surface area contributed by atoms with E-state index < -0.39 is 0 Å². The molecule has 0 bridgehead atoms. The van der Waals surface area contributed by atoms with Crippen LogP contribution in [0.15, 0.2) is 61.2 Å². The van der Waals surface area contributed by atoms with Gasteiger partial charge in [0, 0.05) is 30.8 Å². The molecule has 1 amide bonds. The number of rotatable bonds is 7. The van der Waals surface area contributed by atoms with Crippen molar-refractivity contribution in [3.63, 3.8) is 0 Å². The summed E-state index contributed by atoms with van der Waals surface area (Å²) in [6, 6.07) is 15.6. The second kappa shape index (κ2) is 8.40. The molecule has 0 aliphatic heterocycles. The van der Waals surface area contributed by atoms with E-state index in [1.54, 1.807) is 15.7 Å². The largest absolute Gasteiger partial charge is 0.331 e. The zero-order chi connectivity index (χ0) is 19.2. The molecule has 3 aromatic rings. The summed E-state index contributed by atoms with van der Waals surface area (Å²) in [4.78, 5) is 14.9. The summed E-state index contributed by atoms with van der Waals surface area (Å²) < 4.78 is 1.71. The Labute approximate surface area is 159 Å². The van der Waals surface area contributed by atoms with Crippen LogP contribution in [-0.4, -0.2) is 37.6 Å². The molecule has 1 aromatic heterocycles. The molecule has 27 heavy (non-hydrogen) atoms. The first kappa shape index (κ1) is 18.5. The summed E-state index contributed by atoms with van der Waals surface area (Å²) in [6.45, 7) is 9.48. The van der Waals surface area contributed by atoms with Crippen molar-refractivity contribution in [2.75, 3.05) is 6.54 Å². The van der Waals surface area contributed by atoms with Gasteiger partial charge in [0.1, 0.15) is 0 Å². The highest BCUT2D eigenvalue weighted by Gasteiger charge is 2.17. The highest BCUT2D eigenvalue weighted by Crippen LogP contribution is 2.19. The summed E-state index contributed by atoms with van der Waals surface area (Å²) in [5.74, 6) is 0.605. The Kier molecular flexibility index (Phi) is 5.76. The maximum Gasteiger partial charge on any atom is 0.254 e. The number of aromatic nitrogens is 4. The van der Waals surface area contributed by atoms with E-state index in [4.69, 9.17) is 0 Å². The van der Waals surface area contributed by atoms with E-state index in [9.17, 15) is 4.79 Å². The molecule has 0 spiro atoms. The van der Waals surface area contributed by atoms with Crippen LogP contribution in [0.2, 0.25) is 0 Å². The molecule has 1 heterocycles. The van der Waals surface area contributed by atoms with Crippen molar-refractivity contribution in [2.24, 2.45) is 0 Å². The van der Waals surface area contributed by atoms with Crippen LogP contribution < -0.4 is 0 Å². The van der Waals surface area contributed by atoms with Crippen LogP contribution in [0.25, 0.3) is 11.4 Å².